The van der Waals surface area contributed by atoms with Crippen LogP contribution in [0.15, 0.2) is 23.1 Å². The van der Waals surface area contributed by atoms with Crippen molar-refractivity contribution in [1.29, 1.82) is 0 Å². The normalized spacial score (nSPS) is 20.2. The van der Waals surface area contributed by atoms with Crippen LogP contribution in [0.25, 0.3) is 0 Å². The lowest BCUT2D eigenvalue weighted by Crippen LogP contribution is -2.35. The van der Waals surface area contributed by atoms with Gasteiger partial charge >= 0.3 is 0 Å². The van der Waals surface area contributed by atoms with Crippen molar-refractivity contribution in [3.63, 3.8) is 0 Å². The van der Waals surface area contributed by atoms with Crippen molar-refractivity contribution in [2.45, 2.75) is 56.4 Å². The average molecular weight is 441 g/mol. The molecule has 1 amide bonds. The van der Waals surface area contributed by atoms with Gasteiger partial charge in [0.2, 0.25) is 15.9 Å². The van der Waals surface area contributed by atoms with Gasteiger partial charge in [-0.05, 0) is 50.8 Å². The van der Waals surface area contributed by atoms with Crippen molar-refractivity contribution >= 4 is 21.6 Å². The maximum Gasteiger partial charge on any atom is 0.246 e. The number of piperidine rings is 1. The molecule has 168 valence electrons. The number of rotatable bonds is 10. The van der Waals surface area contributed by atoms with Crippen LogP contribution in [0.4, 0.5) is 5.69 Å². The van der Waals surface area contributed by atoms with Gasteiger partial charge in [0.15, 0.2) is 0 Å². The van der Waals surface area contributed by atoms with E-state index < -0.39 is 10.0 Å². The summed E-state index contributed by atoms with van der Waals surface area (Å²) in [4.78, 5) is 12.4. The Kier molecular flexibility index (Phi) is 8.50. The lowest BCUT2D eigenvalue weighted by molar-refractivity contribution is -0.117. The summed E-state index contributed by atoms with van der Waals surface area (Å²) in [6, 6.07) is 4.75. The zero-order chi connectivity index (χ0) is 21.4. The summed E-state index contributed by atoms with van der Waals surface area (Å²) in [5.41, 5.74) is 0.429. The van der Waals surface area contributed by atoms with E-state index in [2.05, 4.69) is 5.32 Å². The number of amides is 1. The van der Waals surface area contributed by atoms with Gasteiger partial charge in [-0.1, -0.05) is 6.42 Å². The van der Waals surface area contributed by atoms with E-state index >= 15 is 0 Å². The van der Waals surface area contributed by atoms with Crippen LogP contribution in [0, 0.1) is 0 Å². The largest absolute Gasteiger partial charge is 0.492 e. The molecule has 0 aliphatic carbocycles. The SMILES string of the molecule is CCOc1ccc(NC(=O)CCOCC2CCCO2)cc1S(=O)(=O)N1CCCCC1. The Labute approximate surface area is 178 Å². The molecule has 1 atom stereocenters. The Bertz CT molecular complexity index is 802. The predicted octanol–water partition coefficient (Wildman–Crippen LogP) is 2.78. The van der Waals surface area contributed by atoms with Crippen molar-refractivity contribution in [2.24, 2.45) is 0 Å². The Morgan fingerprint density at radius 2 is 2.03 bits per heavy atom. The topological polar surface area (TPSA) is 94.2 Å². The molecule has 2 heterocycles. The van der Waals surface area contributed by atoms with Gasteiger partial charge in [-0.3, -0.25) is 4.79 Å². The first-order valence-electron chi connectivity index (χ1n) is 10.8. The molecule has 2 fully saturated rings. The number of ether oxygens (including phenoxy) is 3. The summed E-state index contributed by atoms with van der Waals surface area (Å²) in [7, 11) is -3.69. The minimum absolute atomic E-state index is 0.0960. The number of nitrogens with zero attached hydrogens (tertiary/aromatic N) is 1. The summed E-state index contributed by atoms with van der Waals surface area (Å²) in [6.07, 6.45) is 5.10. The molecule has 1 aromatic carbocycles. The number of carbonyl (C=O) groups is 1. The molecule has 0 bridgehead atoms. The Morgan fingerprint density at radius 3 is 2.73 bits per heavy atom. The standard InChI is InChI=1S/C21H32N2O6S/c1-2-28-19-9-8-17(15-20(19)30(25,26)23-11-4-3-5-12-23)22-21(24)10-14-27-16-18-7-6-13-29-18/h8-9,15,18H,2-7,10-14,16H2,1H3,(H,22,24). The van der Waals surface area contributed by atoms with Crippen molar-refractivity contribution in [1.82, 2.24) is 4.31 Å². The number of nitrogens with one attached hydrogen (secondary N) is 1. The van der Waals surface area contributed by atoms with Gasteiger partial charge in [-0.15, -0.1) is 0 Å². The highest BCUT2D eigenvalue weighted by molar-refractivity contribution is 7.89. The minimum atomic E-state index is -3.69. The zero-order valence-corrected chi connectivity index (χ0v) is 18.4. The van der Waals surface area contributed by atoms with E-state index in [0.717, 1.165) is 38.7 Å². The monoisotopic (exact) mass is 440 g/mol. The van der Waals surface area contributed by atoms with E-state index in [4.69, 9.17) is 14.2 Å². The molecule has 1 N–H and O–H groups in total. The number of benzene rings is 1. The van der Waals surface area contributed by atoms with E-state index in [9.17, 15) is 13.2 Å². The number of hydrogen-bond acceptors (Lipinski definition) is 6. The van der Waals surface area contributed by atoms with E-state index in [1.807, 2.05) is 6.92 Å². The zero-order valence-electron chi connectivity index (χ0n) is 17.6. The molecule has 30 heavy (non-hydrogen) atoms. The fraction of sp³-hybridized carbons (Fsp3) is 0.667. The molecule has 3 rings (SSSR count). The highest BCUT2D eigenvalue weighted by Gasteiger charge is 2.29. The fourth-order valence-corrected chi connectivity index (χ4v) is 5.36. The number of hydrogen-bond donors (Lipinski definition) is 1. The van der Waals surface area contributed by atoms with Crippen LogP contribution in [0.2, 0.25) is 0 Å². The maximum atomic E-state index is 13.2. The molecule has 9 heteroatoms. The first kappa shape index (κ1) is 23.0. The summed E-state index contributed by atoms with van der Waals surface area (Å²) in [5, 5.41) is 2.77. The van der Waals surface area contributed by atoms with Gasteiger partial charge in [0.25, 0.3) is 0 Å². The smallest absolute Gasteiger partial charge is 0.246 e. The van der Waals surface area contributed by atoms with Gasteiger partial charge in [-0.2, -0.15) is 4.31 Å². The molecule has 0 saturated carbocycles. The Hall–Kier alpha value is -1.68. The quantitative estimate of drug-likeness (QED) is 0.562. The summed E-state index contributed by atoms with van der Waals surface area (Å²) in [5.74, 6) is 0.0776. The Morgan fingerprint density at radius 1 is 1.23 bits per heavy atom. The average Bonchev–Trinajstić information content (AvgIpc) is 3.27. The third-order valence-electron chi connectivity index (χ3n) is 5.26. The molecule has 8 nitrogen and oxygen atoms in total. The van der Waals surface area contributed by atoms with Crippen LogP contribution < -0.4 is 10.1 Å². The molecule has 1 unspecified atom stereocenters. The Balaban J connectivity index is 1.62. The molecular formula is C21H32N2O6S. The second-order valence-corrected chi connectivity index (χ2v) is 9.47. The van der Waals surface area contributed by atoms with Crippen LogP contribution in [0.1, 0.15) is 45.4 Å². The number of sulfonamides is 1. The third kappa shape index (κ3) is 6.16. The number of anilines is 1. The highest BCUT2D eigenvalue weighted by atomic mass is 32.2. The molecule has 0 aromatic heterocycles. The van der Waals surface area contributed by atoms with Gasteiger partial charge in [0.1, 0.15) is 10.6 Å². The summed E-state index contributed by atoms with van der Waals surface area (Å²) < 4.78 is 44.4. The van der Waals surface area contributed by atoms with Crippen molar-refractivity contribution < 1.29 is 27.4 Å². The summed E-state index contributed by atoms with van der Waals surface area (Å²) in [6.45, 7) is 4.74. The third-order valence-corrected chi connectivity index (χ3v) is 7.18. The van der Waals surface area contributed by atoms with Gasteiger partial charge < -0.3 is 19.5 Å². The second-order valence-electron chi connectivity index (χ2n) is 7.57. The molecule has 2 aliphatic rings. The molecule has 1 aromatic rings. The number of carbonyl (C=O) groups excluding carboxylic acids is 1. The highest BCUT2D eigenvalue weighted by Crippen LogP contribution is 2.31. The minimum Gasteiger partial charge on any atom is -0.492 e. The van der Waals surface area contributed by atoms with E-state index in [0.29, 0.717) is 44.3 Å². The first-order valence-corrected chi connectivity index (χ1v) is 12.2. The van der Waals surface area contributed by atoms with Gasteiger partial charge in [0.05, 0.1) is 32.3 Å². The predicted molar refractivity (Wildman–Crippen MR) is 113 cm³/mol. The molecule has 2 saturated heterocycles. The summed E-state index contributed by atoms with van der Waals surface area (Å²) >= 11 is 0. The molecule has 2 aliphatic heterocycles. The van der Waals surface area contributed by atoms with E-state index in [-0.39, 0.29) is 23.3 Å². The van der Waals surface area contributed by atoms with Crippen LogP contribution in [-0.4, -0.2) is 64.3 Å². The molecular weight excluding hydrogens is 408 g/mol. The van der Waals surface area contributed by atoms with Crippen LogP contribution in [0.3, 0.4) is 0 Å². The van der Waals surface area contributed by atoms with E-state index in [1.54, 1.807) is 12.1 Å². The lowest BCUT2D eigenvalue weighted by atomic mass is 10.2. The van der Waals surface area contributed by atoms with Crippen molar-refractivity contribution in [3.8, 4) is 5.75 Å². The first-order chi connectivity index (χ1) is 14.5. The molecule has 0 spiro atoms. The van der Waals surface area contributed by atoms with Crippen LogP contribution >= 0.6 is 0 Å². The van der Waals surface area contributed by atoms with Crippen LogP contribution in [0.5, 0.6) is 5.75 Å². The fourth-order valence-electron chi connectivity index (χ4n) is 3.69. The maximum absolute atomic E-state index is 13.2. The van der Waals surface area contributed by atoms with Crippen LogP contribution in [-0.2, 0) is 24.3 Å². The second kappa shape index (κ2) is 11.1. The van der Waals surface area contributed by atoms with Gasteiger partial charge in [-0.25, -0.2) is 8.42 Å². The molecule has 0 radical (unpaired) electrons. The van der Waals surface area contributed by atoms with Crippen molar-refractivity contribution in [3.05, 3.63) is 18.2 Å². The van der Waals surface area contributed by atoms with Gasteiger partial charge in [0, 0.05) is 25.4 Å². The van der Waals surface area contributed by atoms with E-state index in [1.165, 1.54) is 10.4 Å². The van der Waals surface area contributed by atoms with Crippen molar-refractivity contribution in [2.75, 3.05) is 44.8 Å². The lowest BCUT2D eigenvalue weighted by Gasteiger charge is -2.27.